The van der Waals surface area contributed by atoms with E-state index in [2.05, 4.69) is 9.47 Å². The third-order valence-electron chi connectivity index (χ3n) is 2.22. The van der Waals surface area contributed by atoms with Crippen molar-refractivity contribution in [3.63, 3.8) is 0 Å². The number of benzene rings is 1. The van der Waals surface area contributed by atoms with Crippen LogP contribution in [0.3, 0.4) is 0 Å². The maximum absolute atomic E-state index is 12.9. The second-order valence-electron chi connectivity index (χ2n) is 3.82. The average molecular weight is 348 g/mol. The molecule has 0 aromatic heterocycles. The first-order valence-electron chi connectivity index (χ1n) is 5.56. The Morgan fingerprint density at radius 2 is 1.65 bits per heavy atom. The van der Waals surface area contributed by atoms with Gasteiger partial charge >= 0.3 is 25.4 Å². The van der Waals surface area contributed by atoms with Gasteiger partial charge in [0.25, 0.3) is 0 Å². The predicted octanol–water partition coefficient (Wildman–Crippen LogP) is 4.01. The first kappa shape index (κ1) is 18.6. The maximum atomic E-state index is 12.9. The molecule has 0 radical (unpaired) electrons. The Labute approximate surface area is 123 Å². The van der Waals surface area contributed by atoms with Crippen molar-refractivity contribution in [3.05, 3.63) is 29.3 Å². The summed E-state index contributed by atoms with van der Waals surface area (Å²) in [4.78, 5) is 10.3. The number of carboxylic acids is 1. The molecule has 0 fully saturated rings. The normalized spacial score (nSPS) is 12.2. The minimum absolute atomic E-state index is 0.259. The zero-order valence-corrected chi connectivity index (χ0v) is 10.8. The molecule has 1 rings (SSSR count). The Morgan fingerprint density at radius 3 is 2.09 bits per heavy atom. The highest BCUT2D eigenvalue weighted by Crippen LogP contribution is 2.44. The van der Waals surface area contributed by atoms with Gasteiger partial charge in [-0.2, -0.15) is 30.7 Å². The number of ether oxygens (including phenoxy) is 2. The fourth-order valence-corrected chi connectivity index (χ4v) is 1.49. The number of rotatable bonds is 6. The second kappa shape index (κ2) is 7.20. The molecule has 0 unspecified atom stereocenters. The number of carboxylic acid groups (broad SMARTS) is 1. The van der Waals surface area contributed by atoms with E-state index in [4.69, 9.17) is 5.11 Å². The van der Waals surface area contributed by atoms with E-state index in [1.54, 1.807) is 0 Å². The van der Waals surface area contributed by atoms with Crippen molar-refractivity contribution in [2.45, 2.75) is 19.4 Å². The molecule has 0 saturated carbocycles. The van der Waals surface area contributed by atoms with E-state index in [9.17, 15) is 35.5 Å². The third kappa shape index (κ3) is 5.68. The van der Waals surface area contributed by atoms with Gasteiger partial charge in [-0.25, -0.2) is 4.79 Å². The Morgan fingerprint density at radius 1 is 1.09 bits per heavy atom. The Kier molecular flexibility index (Phi) is 5.82. The quantitative estimate of drug-likeness (QED) is 0.624. The van der Waals surface area contributed by atoms with Crippen molar-refractivity contribution in [2.24, 2.45) is 0 Å². The molecule has 0 heterocycles. The Hall–Kier alpha value is -2.46. The van der Waals surface area contributed by atoms with E-state index < -0.39 is 48.0 Å². The number of hydrogen-bond acceptors (Lipinski definition) is 3. The molecule has 0 spiro atoms. The summed E-state index contributed by atoms with van der Waals surface area (Å²) < 4.78 is 95.0. The summed E-state index contributed by atoms with van der Waals surface area (Å²) in [5, 5.41) is 8.41. The van der Waals surface area contributed by atoms with Crippen LogP contribution in [0.5, 0.6) is 11.5 Å². The van der Waals surface area contributed by atoms with Crippen LogP contribution in [-0.2, 0) is 11.0 Å². The van der Waals surface area contributed by atoms with E-state index in [-0.39, 0.29) is 6.07 Å². The number of alkyl halides is 7. The van der Waals surface area contributed by atoms with Gasteiger partial charge in [-0.3, -0.25) is 0 Å². The summed E-state index contributed by atoms with van der Waals surface area (Å²) in [5.41, 5.74) is -2.34. The van der Waals surface area contributed by atoms with E-state index in [0.29, 0.717) is 18.2 Å². The van der Waals surface area contributed by atoms with E-state index >= 15 is 0 Å². The van der Waals surface area contributed by atoms with E-state index in [1.807, 2.05) is 0 Å². The molecule has 1 N–H and O–H groups in total. The molecule has 0 aliphatic heterocycles. The van der Waals surface area contributed by atoms with Gasteiger partial charge in [0.05, 0.1) is 0 Å². The molecule has 0 aliphatic carbocycles. The molecule has 0 amide bonds. The number of halogens is 7. The van der Waals surface area contributed by atoms with Gasteiger partial charge in [0, 0.05) is 6.08 Å². The van der Waals surface area contributed by atoms with Crippen molar-refractivity contribution in [2.75, 3.05) is 0 Å². The zero-order valence-electron chi connectivity index (χ0n) is 10.8. The van der Waals surface area contributed by atoms with E-state index in [1.165, 1.54) is 0 Å². The predicted molar refractivity (Wildman–Crippen MR) is 61.4 cm³/mol. The number of aliphatic carboxylic acids is 1. The largest absolute Gasteiger partial charge is 0.478 e. The Balaban J connectivity index is 3.53. The van der Waals surface area contributed by atoms with Gasteiger partial charge < -0.3 is 14.6 Å². The molecular formula is C12H7F7O4. The number of carbonyl (C=O) groups is 1. The SMILES string of the molecule is O=C(O)/C=C/c1cc(OC(F)F)c(OC(F)F)c(C(F)(F)F)c1. The van der Waals surface area contributed by atoms with Crippen molar-refractivity contribution >= 4 is 12.0 Å². The molecule has 23 heavy (non-hydrogen) atoms. The highest BCUT2D eigenvalue weighted by Gasteiger charge is 2.38. The monoisotopic (exact) mass is 348 g/mol. The topological polar surface area (TPSA) is 55.8 Å². The molecule has 11 heteroatoms. The van der Waals surface area contributed by atoms with Crippen LogP contribution in [0, 0.1) is 0 Å². The molecule has 0 saturated heterocycles. The summed E-state index contributed by atoms with van der Waals surface area (Å²) in [6.45, 7) is -7.34. The van der Waals surface area contributed by atoms with Crippen LogP contribution in [0.25, 0.3) is 6.08 Å². The van der Waals surface area contributed by atoms with Gasteiger partial charge in [0.2, 0.25) is 0 Å². The van der Waals surface area contributed by atoms with Crippen molar-refractivity contribution in [1.82, 2.24) is 0 Å². The fraction of sp³-hybridized carbons (Fsp3) is 0.250. The Bertz CT molecular complexity index is 596. The van der Waals surface area contributed by atoms with Gasteiger partial charge in [-0.05, 0) is 23.8 Å². The van der Waals surface area contributed by atoms with Crippen LogP contribution in [0.1, 0.15) is 11.1 Å². The minimum atomic E-state index is -5.24. The minimum Gasteiger partial charge on any atom is -0.478 e. The molecule has 0 atom stereocenters. The summed E-state index contributed by atoms with van der Waals surface area (Å²) in [6, 6.07) is 0.772. The third-order valence-corrected chi connectivity index (χ3v) is 2.22. The van der Waals surface area contributed by atoms with Crippen molar-refractivity contribution < 1.29 is 50.1 Å². The maximum Gasteiger partial charge on any atom is 0.420 e. The molecule has 0 bridgehead atoms. The van der Waals surface area contributed by atoms with Gasteiger partial charge in [0.15, 0.2) is 11.5 Å². The first-order valence-corrected chi connectivity index (χ1v) is 5.56. The van der Waals surface area contributed by atoms with Gasteiger partial charge in [-0.15, -0.1) is 0 Å². The summed E-state index contributed by atoms with van der Waals surface area (Å²) in [7, 11) is 0. The van der Waals surface area contributed by atoms with Crippen LogP contribution in [0.2, 0.25) is 0 Å². The van der Waals surface area contributed by atoms with E-state index in [0.717, 1.165) is 0 Å². The molecule has 0 aliphatic rings. The number of hydrogen-bond donors (Lipinski definition) is 1. The lowest BCUT2D eigenvalue weighted by atomic mass is 10.1. The lowest BCUT2D eigenvalue weighted by Crippen LogP contribution is -2.14. The van der Waals surface area contributed by atoms with Gasteiger partial charge in [0.1, 0.15) is 5.56 Å². The smallest absolute Gasteiger partial charge is 0.420 e. The lowest BCUT2D eigenvalue weighted by Gasteiger charge is -2.18. The highest BCUT2D eigenvalue weighted by atomic mass is 19.4. The van der Waals surface area contributed by atoms with Crippen LogP contribution in [0.4, 0.5) is 30.7 Å². The van der Waals surface area contributed by atoms with Crippen LogP contribution in [0.15, 0.2) is 18.2 Å². The lowest BCUT2D eigenvalue weighted by molar-refractivity contribution is -0.143. The molecule has 1 aromatic carbocycles. The average Bonchev–Trinajstić information content (AvgIpc) is 2.36. The van der Waals surface area contributed by atoms with Gasteiger partial charge in [-0.1, -0.05) is 0 Å². The first-order chi connectivity index (χ1) is 10.5. The fourth-order valence-electron chi connectivity index (χ4n) is 1.49. The highest BCUT2D eigenvalue weighted by molar-refractivity contribution is 5.85. The van der Waals surface area contributed by atoms with Crippen molar-refractivity contribution in [1.29, 1.82) is 0 Å². The van der Waals surface area contributed by atoms with Crippen LogP contribution < -0.4 is 9.47 Å². The van der Waals surface area contributed by atoms with Crippen LogP contribution >= 0.6 is 0 Å². The standard InChI is InChI=1S/C12H7F7O4/c13-10(14)22-7-4-5(1-2-8(20)21)3-6(12(17,18)19)9(7)23-11(15)16/h1-4,10-11H,(H,20,21)/b2-1+. The molecular weight excluding hydrogens is 341 g/mol. The van der Waals surface area contributed by atoms with Crippen molar-refractivity contribution in [3.8, 4) is 11.5 Å². The molecule has 1 aromatic rings. The summed E-state index contributed by atoms with van der Waals surface area (Å²) in [5.74, 6) is -4.46. The summed E-state index contributed by atoms with van der Waals surface area (Å²) >= 11 is 0. The summed E-state index contributed by atoms with van der Waals surface area (Å²) in [6.07, 6.45) is -4.17. The molecule has 4 nitrogen and oxygen atoms in total. The molecule has 128 valence electrons. The zero-order chi connectivity index (χ0) is 17.8. The second-order valence-corrected chi connectivity index (χ2v) is 3.82. The van der Waals surface area contributed by atoms with Crippen LogP contribution in [-0.4, -0.2) is 24.3 Å².